The topological polar surface area (TPSA) is 41.1 Å². The molecule has 2 heterocycles. The van der Waals surface area contributed by atoms with Crippen molar-refractivity contribution in [2.45, 2.75) is 25.3 Å². The van der Waals surface area contributed by atoms with Crippen molar-refractivity contribution in [1.82, 2.24) is 10.6 Å². The van der Waals surface area contributed by atoms with E-state index in [-0.39, 0.29) is 5.91 Å². The van der Waals surface area contributed by atoms with Gasteiger partial charge in [-0.2, -0.15) is 0 Å². The fraction of sp³-hybridized carbons (Fsp3) is 0.545. The molecule has 1 amide bonds. The summed E-state index contributed by atoms with van der Waals surface area (Å²) in [5.74, 6) is 0.0529. The van der Waals surface area contributed by atoms with Crippen molar-refractivity contribution in [3.05, 3.63) is 19.9 Å². The third-order valence-electron chi connectivity index (χ3n) is 2.77. The van der Waals surface area contributed by atoms with Crippen molar-refractivity contribution in [3.63, 3.8) is 0 Å². The fourth-order valence-corrected chi connectivity index (χ4v) is 3.22. The molecule has 88 valence electrons. The standard InChI is InChI=1S/C11H15IN2OS/c12-10-6-8(7-16-10)11(15)14-5-3-9-2-1-4-13-9/h6-7,9,13H,1-5H2,(H,14,15)/t9-/m0/s1. The van der Waals surface area contributed by atoms with Gasteiger partial charge in [-0.1, -0.05) is 0 Å². The number of nitrogens with one attached hydrogen (secondary N) is 2. The monoisotopic (exact) mass is 350 g/mol. The highest BCUT2D eigenvalue weighted by molar-refractivity contribution is 14.1. The van der Waals surface area contributed by atoms with Crippen LogP contribution in [0, 0.1) is 2.88 Å². The van der Waals surface area contributed by atoms with Gasteiger partial charge in [0, 0.05) is 18.0 Å². The van der Waals surface area contributed by atoms with Crippen LogP contribution in [0.4, 0.5) is 0 Å². The smallest absolute Gasteiger partial charge is 0.252 e. The summed E-state index contributed by atoms with van der Waals surface area (Å²) in [6.07, 6.45) is 3.54. The Hall–Kier alpha value is -0.140. The van der Waals surface area contributed by atoms with Crippen LogP contribution in [-0.2, 0) is 0 Å². The van der Waals surface area contributed by atoms with Gasteiger partial charge in [-0.05, 0) is 54.5 Å². The molecule has 0 aliphatic carbocycles. The summed E-state index contributed by atoms with van der Waals surface area (Å²) >= 11 is 3.84. The largest absolute Gasteiger partial charge is 0.352 e. The summed E-state index contributed by atoms with van der Waals surface area (Å²) in [6.45, 7) is 1.89. The minimum absolute atomic E-state index is 0.0529. The zero-order valence-corrected chi connectivity index (χ0v) is 11.9. The Morgan fingerprint density at radius 2 is 2.56 bits per heavy atom. The maximum atomic E-state index is 11.7. The molecule has 2 N–H and O–H groups in total. The third-order valence-corrected chi connectivity index (χ3v) is 4.56. The Morgan fingerprint density at radius 3 is 3.19 bits per heavy atom. The van der Waals surface area contributed by atoms with Gasteiger partial charge in [0.2, 0.25) is 0 Å². The van der Waals surface area contributed by atoms with Crippen molar-refractivity contribution < 1.29 is 4.79 Å². The van der Waals surface area contributed by atoms with Crippen molar-refractivity contribution in [2.75, 3.05) is 13.1 Å². The van der Waals surface area contributed by atoms with E-state index < -0.39 is 0 Å². The van der Waals surface area contributed by atoms with Crippen molar-refractivity contribution in [2.24, 2.45) is 0 Å². The average molecular weight is 350 g/mol. The van der Waals surface area contributed by atoms with E-state index in [4.69, 9.17) is 0 Å². The van der Waals surface area contributed by atoms with E-state index in [2.05, 4.69) is 33.2 Å². The molecule has 1 aliphatic heterocycles. The summed E-state index contributed by atoms with van der Waals surface area (Å²) in [5.41, 5.74) is 0.786. The van der Waals surface area contributed by atoms with E-state index in [0.717, 1.165) is 28.0 Å². The predicted octanol–water partition coefficient (Wildman–Crippen LogP) is 2.22. The van der Waals surface area contributed by atoms with Crippen LogP contribution in [0.2, 0.25) is 0 Å². The predicted molar refractivity (Wildman–Crippen MR) is 75.0 cm³/mol. The van der Waals surface area contributed by atoms with Gasteiger partial charge >= 0.3 is 0 Å². The van der Waals surface area contributed by atoms with Crippen LogP contribution in [0.5, 0.6) is 0 Å². The van der Waals surface area contributed by atoms with E-state index in [1.807, 2.05) is 11.4 Å². The molecule has 0 saturated carbocycles. The highest BCUT2D eigenvalue weighted by atomic mass is 127. The fourth-order valence-electron chi connectivity index (χ4n) is 1.89. The van der Waals surface area contributed by atoms with E-state index in [1.54, 1.807) is 11.3 Å². The summed E-state index contributed by atoms with van der Waals surface area (Å²) < 4.78 is 1.15. The lowest BCUT2D eigenvalue weighted by molar-refractivity contribution is 0.0953. The maximum Gasteiger partial charge on any atom is 0.252 e. The number of hydrogen-bond donors (Lipinski definition) is 2. The first kappa shape index (κ1) is 12.3. The minimum Gasteiger partial charge on any atom is -0.352 e. The van der Waals surface area contributed by atoms with E-state index in [0.29, 0.717) is 6.04 Å². The second kappa shape index (κ2) is 5.97. The summed E-state index contributed by atoms with van der Waals surface area (Å²) in [7, 11) is 0. The Balaban J connectivity index is 1.71. The Bertz CT molecular complexity index is 361. The van der Waals surface area contributed by atoms with Crippen LogP contribution in [0.3, 0.4) is 0 Å². The third kappa shape index (κ3) is 3.43. The molecule has 5 heteroatoms. The van der Waals surface area contributed by atoms with Gasteiger partial charge in [-0.15, -0.1) is 11.3 Å². The second-order valence-corrected chi connectivity index (χ2v) is 6.78. The van der Waals surface area contributed by atoms with Crippen molar-refractivity contribution in [3.8, 4) is 0 Å². The molecule has 16 heavy (non-hydrogen) atoms. The van der Waals surface area contributed by atoms with Crippen molar-refractivity contribution >= 4 is 39.8 Å². The molecule has 0 bridgehead atoms. The number of amides is 1. The quantitative estimate of drug-likeness (QED) is 0.818. The molecule has 0 radical (unpaired) electrons. The molecule has 3 nitrogen and oxygen atoms in total. The Morgan fingerprint density at radius 1 is 1.69 bits per heavy atom. The molecule has 1 atom stereocenters. The molecule has 1 fully saturated rings. The first-order valence-corrected chi connectivity index (χ1v) is 7.47. The molecular formula is C11H15IN2OS. The average Bonchev–Trinajstić information content (AvgIpc) is 2.89. The van der Waals surface area contributed by atoms with Crippen LogP contribution in [0.25, 0.3) is 0 Å². The Labute approximate surface area is 113 Å². The van der Waals surface area contributed by atoms with Gasteiger partial charge in [-0.3, -0.25) is 4.79 Å². The highest BCUT2D eigenvalue weighted by Gasteiger charge is 2.14. The van der Waals surface area contributed by atoms with E-state index in [1.165, 1.54) is 12.8 Å². The zero-order chi connectivity index (χ0) is 11.4. The molecule has 0 unspecified atom stereocenters. The second-order valence-electron chi connectivity index (χ2n) is 3.98. The highest BCUT2D eigenvalue weighted by Crippen LogP contribution is 2.16. The van der Waals surface area contributed by atoms with Gasteiger partial charge in [0.05, 0.1) is 8.45 Å². The zero-order valence-electron chi connectivity index (χ0n) is 8.96. The van der Waals surface area contributed by atoms with E-state index in [9.17, 15) is 4.79 Å². The first-order chi connectivity index (χ1) is 7.75. The SMILES string of the molecule is O=C(NCC[C@@H]1CCCN1)c1csc(I)c1. The Kier molecular flexibility index (Phi) is 4.60. The summed E-state index contributed by atoms with van der Waals surface area (Å²) in [4.78, 5) is 11.7. The molecular weight excluding hydrogens is 335 g/mol. The van der Waals surface area contributed by atoms with Crippen LogP contribution in [0.1, 0.15) is 29.6 Å². The lowest BCUT2D eigenvalue weighted by Gasteiger charge is -2.10. The van der Waals surface area contributed by atoms with Crippen molar-refractivity contribution in [1.29, 1.82) is 0 Å². The number of carbonyl (C=O) groups is 1. The maximum absolute atomic E-state index is 11.7. The molecule has 1 aliphatic rings. The number of halogens is 1. The lowest BCUT2D eigenvalue weighted by Crippen LogP contribution is -2.30. The van der Waals surface area contributed by atoms with E-state index >= 15 is 0 Å². The molecule has 2 rings (SSSR count). The van der Waals surface area contributed by atoms with Crippen LogP contribution in [-0.4, -0.2) is 25.0 Å². The van der Waals surface area contributed by atoms with Gasteiger partial charge in [0.25, 0.3) is 5.91 Å². The first-order valence-electron chi connectivity index (χ1n) is 5.51. The van der Waals surface area contributed by atoms with Gasteiger partial charge < -0.3 is 10.6 Å². The normalized spacial score (nSPS) is 19.9. The molecule has 1 aromatic rings. The van der Waals surface area contributed by atoms with Gasteiger partial charge in [0.15, 0.2) is 0 Å². The van der Waals surface area contributed by atoms with Gasteiger partial charge in [0.1, 0.15) is 0 Å². The number of hydrogen-bond acceptors (Lipinski definition) is 3. The van der Waals surface area contributed by atoms with Crippen LogP contribution >= 0.6 is 33.9 Å². The summed E-state index contributed by atoms with van der Waals surface area (Å²) in [5, 5.41) is 8.29. The number of rotatable bonds is 4. The minimum atomic E-state index is 0.0529. The van der Waals surface area contributed by atoms with Gasteiger partial charge in [-0.25, -0.2) is 0 Å². The van der Waals surface area contributed by atoms with Crippen LogP contribution < -0.4 is 10.6 Å². The molecule has 1 aromatic heterocycles. The lowest BCUT2D eigenvalue weighted by atomic mass is 10.1. The number of thiophene rings is 1. The summed E-state index contributed by atoms with van der Waals surface area (Å²) in [6, 6.07) is 2.52. The molecule has 0 aromatic carbocycles. The number of carbonyl (C=O) groups excluding carboxylic acids is 1. The van der Waals surface area contributed by atoms with Crippen LogP contribution in [0.15, 0.2) is 11.4 Å². The molecule has 0 spiro atoms. The molecule has 1 saturated heterocycles.